The molecule has 0 saturated carbocycles. The van der Waals surface area contributed by atoms with Crippen LogP contribution in [0.4, 0.5) is 11.8 Å². The smallest absolute Gasteiger partial charge is 0.226 e. The number of aryl methyl sites for hydroxylation is 1. The summed E-state index contributed by atoms with van der Waals surface area (Å²) >= 11 is 0. The van der Waals surface area contributed by atoms with E-state index in [1.165, 1.54) is 0 Å². The maximum Gasteiger partial charge on any atom is 0.226 e. The van der Waals surface area contributed by atoms with Gasteiger partial charge in [-0.3, -0.25) is 4.68 Å². The lowest BCUT2D eigenvalue weighted by molar-refractivity contribution is 0.292. The fourth-order valence-electron chi connectivity index (χ4n) is 2.88. The van der Waals surface area contributed by atoms with Gasteiger partial charge in [0.2, 0.25) is 5.95 Å². The van der Waals surface area contributed by atoms with Crippen molar-refractivity contribution in [2.75, 3.05) is 44.5 Å². The maximum atomic E-state index is 8.99. The van der Waals surface area contributed by atoms with Gasteiger partial charge in [-0.15, -0.1) is 0 Å². The van der Waals surface area contributed by atoms with Crippen LogP contribution >= 0.6 is 0 Å². The second kappa shape index (κ2) is 9.23. The van der Waals surface area contributed by atoms with E-state index in [1.807, 2.05) is 25.2 Å². The first kappa shape index (κ1) is 19.7. The zero-order valence-electron chi connectivity index (χ0n) is 16.4. The Labute approximate surface area is 163 Å². The van der Waals surface area contributed by atoms with Gasteiger partial charge in [0.1, 0.15) is 5.82 Å². The number of rotatable bonds is 10. The molecule has 9 nitrogen and oxygen atoms in total. The third-order valence-corrected chi connectivity index (χ3v) is 4.36. The summed E-state index contributed by atoms with van der Waals surface area (Å²) in [7, 11) is 5.10. The quantitative estimate of drug-likeness (QED) is 0.453. The third kappa shape index (κ3) is 4.42. The van der Waals surface area contributed by atoms with E-state index >= 15 is 0 Å². The average molecular weight is 386 g/mol. The summed E-state index contributed by atoms with van der Waals surface area (Å²) < 4.78 is 12.3. The summed E-state index contributed by atoms with van der Waals surface area (Å²) in [6.45, 7) is 1.42. The van der Waals surface area contributed by atoms with Crippen molar-refractivity contribution in [2.24, 2.45) is 7.05 Å². The number of nitrogens with zero attached hydrogens (tertiary/aromatic N) is 4. The van der Waals surface area contributed by atoms with Crippen LogP contribution in [0, 0.1) is 0 Å². The molecule has 28 heavy (non-hydrogen) atoms. The van der Waals surface area contributed by atoms with E-state index in [2.05, 4.69) is 25.7 Å². The molecule has 3 rings (SSSR count). The summed E-state index contributed by atoms with van der Waals surface area (Å²) in [5.74, 6) is 2.66. The first-order valence-electron chi connectivity index (χ1n) is 9.15. The lowest BCUT2D eigenvalue weighted by atomic mass is 10.1. The number of fused-ring (bicyclic) bond motifs is 1. The molecule has 0 unspecified atom stereocenters. The van der Waals surface area contributed by atoms with Crippen molar-refractivity contribution in [1.29, 1.82) is 0 Å². The molecule has 150 valence electrons. The number of anilines is 2. The van der Waals surface area contributed by atoms with Crippen molar-refractivity contribution in [3.63, 3.8) is 0 Å². The molecule has 3 aromatic rings. The second-order valence-electron chi connectivity index (χ2n) is 6.27. The van der Waals surface area contributed by atoms with Crippen LogP contribution in [0.25, 0.3) is 11.0 Å². The van der Waals surface area contributed by atoms with Crippen LogP contribution in [-0.2, 0) is 13.5 Å². The van der Waals surface area contributed by atoms with Gasteiger partial charge >= 0.3 is 0 Å². The average Bonchev–Trinajstić information content (AvgIpc) is 3.09. The maximum absolute atomic E-state index is 8.99. The number of benzene rings is 1. The Morgan fingerprint density at radius 2 is 1.89 bits per heavy atom. The fraction of sp³-hybridized carbons (Fsp3) is 0.421. The van der Waals surface area contributed by atoms with E-state index in [0.29, 0.717) is 42.8 Å². The first-order chi connectivity index (χ1) is 13.7. The van der Waals surface area contributed by atoms with Gasteiger partial charge in [-0.1, -0.05) is 6.07 Å². The van der Waals surface area contributed by atoms with E-state index in [-0.39, 0.29) is 6.61 Å². The number of nitrogens with one attached hydrogen (secondary N) is 2. The van der Waals surface area contributed by atoms with E-state index < -0.39 is 0 Å². The molecule has 0 aliphatic carbocycles. The molecule has 2 aromatic heterocycles. The van der Waals surface area contributed by atoms with Crippen LogP contribution in [0.15, 0.2) is 24.4 Å². The molecule has 3 N–H and O–H groups in total. The lowest BCUT2D eigenvalue weighted by Gasteiger charge is -2.11. The normalized spacial score (nSPS) is 10.9. The monoisotopic (exact) mass is 386 g/mol. The van der Waals surface area contributed by atoms with Gasteiger partial charge in [0.05, 0.1) is 25.8 Å². The number of aliphatic hydroxyl groups is 1. The van der Waals surface area contributed by atoms with Crippen molar-refractivity contribution in [3.8, 4) is 11.5 Å². The number of ether oxygens (including phenoxy) is 2. The van der Waals surface area contributed by atoms with Crippen molar-refractivity contribution < 1.29 is 14.6 Å². The molecule has 0 atom stereocenters. The fourth-order valence-corrected chi connectivity index (χ4v) is 2.88. The van der Waals surface area contributed by atoms with Gasteiger partial charge in [0.25, 0.3) is 0 Å². The Morgan fingerprint density at radius 3 is 2.64 bits per heavy atom. The number of hydrogen-bond donors (Lipinski definition) is 3. The summed E-state index contributed by atoms with van der Waals surface area (Å²) in [6.07, 6.45) is 3.16. The van der Waals surface area contributed by atoms with Crippen LogP contribution in [0.1, 0.15) is 12.0 Å². The first-order valence-corrected chi connectivity index (χ1v) is 9.15. The summed E-state index contributed by atoms with van der Waals surface area (Å²) in [4.78, 5) is 9.13. The minimum absolute atomic E-state index is 0.130. The van der Waals surface area contributed by atoms with Gasteiger partial charge in [-0.2, -0.15) is 15.1 Å². The molecular weight excluding hydrogens is 360 g/mol. The predicted octanol–water partition coefficient (Wildman–Crippen LogP) is 1.83. The van der Waals surface area contributed by atoms with Crippen LogP contribution in [-0.4, -0.2) is 58.8 Å². The van der Waals surface area contributed by atoms with E-state index in [0.717, 1.165) is 23.0 Å². The van der Waals surface area contributed by atoms with Crippen molar-refractivity contribution >= 4 is 22.8 Å². The van der Waals surface area contributed by atoms with Crippen molar-refractivity contribution in [1.82, 2.24) is 19.7 Å². The van der Waals surface area contributed by atoms with Crippen LogP contribution in [0.3, 0.4) is 0 Å². The van der Waals surface area contributed by atoms with Gasteiger partial charge in [0.15, 0.2) is 17.1 Å². The molecule has 0 aliphatic rings. The van der Waals surface area contributed by atoms with Gasteiger partial charge in [-0.05, 0) is 30.5 Å². The highest BCUT2D eigenvalue weighted by Gasteiger charge is 2.11. The standard InChI is InChI=1S/C19H26N6O3/c1-25-18-14(12-22-25)17(20-8-4-10-26)23-19(24-18)21-9-7-13-5-6-15(27-2)16(11-13)28-3/h5-6,11-12,26H,4,7-10H2,1-3H3,(H2,20,21,23,24). The summed E-state index contributed by atoms with van der Waals surface area (Å²) in [5.41, 5.74) is 1.86. The lowest BCUT2D eigenvalue weighted by Crippen LogP contribution is -2.12. The second-order valence-corrected chi connectivity index (χ2v) is 6.27. The number of methoxy groups -OCH3 is 2. The number of aromatic nitrogens is 4. The molecular formula is C19H26N6O3. The molecule has 0 spiro atoms. The zero-order chi connectivity index (χ0) is 19.9. The van der Waals surface area contributed by atoms with E-state index in [1.54, 1.807) is 25.1 Å². The highest BCUT2D eigenvalue weighted by atomic mass is 16.5. The summed E-state index contributed by atoms with van der Waals surface area (Å²) in [6, 6.07) is 5.87. The molecule has 0 saturated heterocycles. The Bertz CT molecular complexity index is 927. The van der Waals surface area contributed by atoms with Crippen LogP contribution in [0.5, 0.6) is 11.5 Å². The van der Waals surface area contributed by atoms with Crippen LogP contribution < -0.4 is 20.1 Å². The molecule has 0 aliphatic heterocycles. The Morgan fingerprint density at radius 1 is 1.07 bits per heavy atom. The van der Waals surface area contributed by atoms with Crippen molar-refractivity contribution in [3.05, 3.63) is 30.0 Å². The van der Waals surface area contributed by atoms with Gasteiger partial charge in [-0.25, -0.2) is 0 Å². The van der Waals surface area contributed by atoms with Gasteiger partial charge in [0, 0.05) is 26.7 Å². The Kier molecular flexibility index (Phi) is 6.49. The number of hydrogen-bond acceptors (Lipinski definition) is 8. The minimum Gasteiger partial charge on any atom is -0.493 e. The number of aliphatic hydroxyl groups excluding tert-OH is 1. The van der Waals surface area contributed by atoms with Gasteiger partial charge < -0.3 is 25.2 Å². The van der Waals surface area contributed by atoms with Crippen LogP contribution in [0.2, 0.25) is 0 Å². The zero-order valence-corrected chi connectivity index (χ0v) is 16.4. The molecule has 2 heterocycles. The minimum atomic E-state index is 0.130. The molecule has 0 fully saturated rings. The van der Waals surface area contributed by atoms with E-state index in [4.69, 9.17) is 14.6 Å². The molecule has 0 bridgehead atoms. The Balaban J connectivity index is 1.71. The SMILES string of the molecule is COc1ccc(CCNc2nc(NCCCO)c3cnn(C)c3n2)cc1OC. The topological polar surface area (TPSA) is 106 Å². The Hall–Kier alpha value is -3.07. The molecule has 0 amide bonds. The van der Waals surface area contributed by atoms with Crippen molar-refractivity contribution in [2.45, 2.75) is 12.8 Å². The molecule has 1 aromatic carbocycles. The molecule has 0 radical (unpaired) electrons. The highest BCUT2D eigenvalue weighted by Crippen LogP contribution is 2.27. The van der Waals surface area contributed by atoms with E-state index in [9.17, 15) is 0 Å². The summed E-state index contributed by atoms with van der Waals surface area (Å²) in [5, 5.41) is 20.6. The largest absolute Gasteiger partial charge is 0.493 e. The highest BCUT2D eigenvalue weighted by molar-refractivity contribution is 5.87. The molecule has 9 heteroatoms. The third-order valence-electron chi connectivity index (χ3n) is 4.36. The predicted molar refractivity (Wildman–Crippen MR) is 108 cm³/mol.